The molecule has 0 radical (unpaired) electrons. The normalized spacial score (nSPS) is 23.9. The number of phenolic OH excluding ortho intramolecular Hbond substituents is 1. The number of aromatic hydroxyl groups is 1. The Balaban J connectivity index is 1.06. The summed E-state index contributed by atoms with van der Waals surface area (Å²) in [6.45, 7) is 4.60. The van der Waals surface area contributed by atoms with Crippen LogP contribution in [0.5, 0.6) is 5.75 Å². The molecule has 0 spiro atoms. The minimum absolute atomic E-state index is 0.0352. The number of para-hydroxylation sites is 2. The van der Waals surface area contributed by atoms with E-state index >= 15 is 0 Å². The molecule has 3 atom stereocenters. The number of piperidine rings is 2. The molecular weight excluding hydrogens is 544 g/mol. The van der Waals surface area contributed by atoms with Gasteiger partial charge in [-0.25, -0.2) is 4.98 Å². The number of imidazole rings is 1. The molecule has 3 aliphatic heterocycles. The van der Waals surface area contributed by atoms with Gasteiger partial charge >= 0.3 is 0 Å². The molecule has 6 nitrogen and oxygen atoms in total. The number of rotatable bonds is 6. The third-order valence-corrected chi connectivity index (χ3v) is 10.7. The number of benzene rings is 3. The lowest BCUT2D eigenvalue weighted by Crippen LogP contribution is -2.49. The van der Waals surface area contributed by atoms with Gasteiger partial charge in [-0.2, -0.15) is 0 Å². The van der Waals surface area contributed by atoms with Crippen LogP contribution in [0.25, 0.3) is 11.0 Å². The topological polar surface area (TPSA) is 61.6 Å². The van der Waals surface area contributed by atoms with Gasteiger partial charge in [0.05, 0.1) is 16.6 Å². The molecule has 4 heterocycles. The summed E-state index contributed by atoms with van der Waals surface area (Å²) in [5.41, 5.74) is 4.11. The summed E-state index contributed by atoms with van der Waals surface area (Å²) in [5.74, 6) is 0.962. The lowest BCUT2D eigenvalue weighted by Gasteiger charge is -2.45. The van der Waals surface area contributed by atoms with Gasteiger partial charge < -0.3 is 14.6 Å². The fourth-order valence-corrected chi connectivity index (χ4v) is 8.43. The predicted octanol–water partition coefficient (Wildman–Crippen LogP) is 7.14. The fourth-order valence-electron chi connectivity index (χ4n) is 8.26. The van der Waals surface area contributed by atoms with E-state index in [0.717, 1.165) is 37.1 Å². The average Bonchev–Trinajstić information content (AvgIpc) is 3.46. The number of amides is 1. The van der Waals surface area contributed by atoms with Gasteiger partial charge in [-0.1, -0.05) is 54.1 Å². The first-order chi connectivity index (χ1) is 20.4. The van der Waals surface area contributed by atoms with E-state index in [2.05, 4.69) is 71.0 Å². The molecule has 1 N–H and O–H groups in total. The quantitative estimate of drug-likeness (QED) is 0.262. The number of aromatic nitrogens is 2. The maximum absolute atomic E-state index is 13.3. The standard InChI is InChI=1S/C35H39ClN4O2/c1-24-37-31-9-5-6-10-32(31)40(24)29-22-27-12-13-28(23-29)39(27)20-17-35(25-7-3-2-4-8-25)15-18-38(19-16-35)34(42)30-14-11-26(36)21-33(30)41/h2-11,14,21,27-29,41H,12-13,15-20,22-23H2,1H3/t27-,28+,29+. The van der Waals surface area contributed by atoms with Gasteiger partial charge in [0.2, 0.25) is 0 Å². The Morgan fingerprint density at radius 3 is 2.36 bits per heavy atom. The van der Waals surface area contributed by atoms with E-state index in [1.165, 1.54) is 42.8 Å². The van der Waals surface area contributed by atoms with Gasteiger partial charge in [-0.3, -0.25) is 9.69 Å². The van der Waals surface area contributed by atoms with Crippen LogP contribution in [0.3, 0.4) is 0 Å². The molecule has 1 aromatic heterocycles. The number of halogens is 1. The SMILES string of the molecule is Cc1nc2ccccc2n1[C@H]1C[C@H]2CC[C@@H](C1)N2CCC1(c2ccccc2)CCN(C(=O)c2ccc(Cl)cc2O)CC1. The van der Waals surface area contributed by atoms with Crippen LogP contribution >= 0.6 is 11.6 Å². The van der Waals surface area contributed by atoms with Crippen LogP contribution in [0, 0.1) is 6.92 Å². The molecule has 42 heavy (non-hydrogen) atoms. The molecule has 3 aliphatic rings. The summed E-state index contributed by atoms with van der Waals surface area (Å²) in [6.07, 6.45) is 7.85. The highest BCUT2D eigenvalue weighted by Crippen LogP contribution is 2.45. The molecule has 7 rings (SSSR count). The Kier molecular flexibility index (Phi) is 7.23. The Morgan fingerprint density at radius 2 is 1.64 bits per heavy atom. The van der Waals surface area contributed by atoms with E-state index in [1.807, 2.05) is 4.90 Å². The van der Waals surface area contributed by atoms with Crippen molar-refractivity contribution in [1.29, 1.82) is 0 Å². The minimum atomic E-state index is -0.117. The zero-order chi connectivity index (χ0) is 28.8. The monoisotopic (exact) mass is 582 g/mol. The summed E-state index contributed by atoms with van der Waals surface area (Å²) in [4.78, 5) is 22.9. The molecule has 2 bridgehead atoms. The van der Waals surface area contributed by atoms with Crippen LogP contribution in [0.4, 0.5) is 0 Å². The molecule has 0 saturated carbocycles. The lowest BCUT2D eigenvalue weighted by molar-refractivity contribution is 0.0604. The van der Waals surface area contributed by atoms with Crippen LogP contribution in [0.1, 0.15) is 72.7 Å². The second-order valence-electron chi connectivity index (χ2n) is 12.6. The molecule has 4 aromatic rings. The van der Waals surface area contributed by atoms with Crippen LogP contribution in [0.15, 0.2) is 72.8 Å². The van der Waals surface area contributed by atoms with Crippen LogP contribution in [-0.4, -0.2) is 62.1 Å². The number of carbonyl (C=O) groups excluding carboxylic acids is 1. The van der Waals surface area contributed by atoms with E-state index in [1.54, 1.807) is 12.1 Å². The Labute approximate surface area is 252 Å². The second-order valence-corrected chi connectivity index (χ2v) is 13.1. The number of nitrogens with zero attached hydrogens (tertiary/aromatic N) is 4. The predicted molar refractivity (Wildman–Crippen MR) is 167 cm³/mol. The summed E-state index contributed by atoms with van der Waals surface area (Å²) >= 11 is 6.01. The van der Waals surface area contributed by atoms with Crippen LogP contribution in [0.2, 0.25) is 5.02 Å². The van der Waals surface area contributed by atoms with Crippen LogP contribution < -0.4 is 0 Å². The first kappa shape index (κ1) is 27.5. The van der Waals surface area contributed by atoms with Crippen molar-refractivity contribution in [3.8, 4) is 5.75 Å². The summed E-state index contributed by atoms with van der Waals surface area (Å²) in [7, 11) is 0. The maximum Gasteiger partial charge on any atom is 0.257 e. The van der Waals surface area contributed by atoms with Gasteiger partial charge in [0.25, 0.3) is 5.91 Å². The Bertz CT molecular complexity index is 1580. The number of carbonyl (C=O) groups is 1. The summed E-state index contributed by atoms with van der Waals surface area (Å²) < 4.78 is 2.51. The van der Waals surface area contributed by atoms with E-state index in [9.17, 15) is 9.90 Å². The highest BCUT2D eigenvalue weighted by atomic mass is 35.5. The first-order valence-corrected chi connectivity index (χ1v) is 15.8. The number of fused-ring (bicyclic) bond motifs is 3. The average molecular weight is 583 g/mol. The van der Waals surface area contributed by atoms with Crippen molar-refractivity contribution in [3.63, 3.8) is 0 Å². The third kappa shape index (κ3) is 4.88. The molecule has 3 aromatic carbocycles. The Hall–Kier alpha value is -3.35. The second kappa shape index (κ2) is 11.1. The first-order valence-electron chi connectivity index (χ1n) is 15.4. The highest BCUT2D eigenvalue weighted by molar-refractivity contribution is 6.30. The van der Waals surface area contributed by atoms with Crippen molar-refractivity contribution >= 4 is 28.5 Å². The molecule has 218 valence electrons. The minimum Gasteiger partial charge on any atom is -0.507 e. The van der Waals surface area contributed by atoms with E-state index in [4.69, 9.17) is 16.6 Å². The van der Waals surface area contributed by atoms with Crippen molar-refractivity contribution in [2.75, 3.05) is 19.6 Å². The number of phenols is 1. The van der Waals surface area contributed by atoms with Crippen molar-refractivity contribution in [1.82, 2.24) is 19.4 Å². The fraction of sp³-hybridized carbons (Fsp3) is 0.429. The van der Waals surface area contributed by atoms with E-state index in [-0.39, 0.29) is 17.1 Å². The molecule has 0 unspecified atom stereocenters. The van der Waals surface area contributed by atoms with Gasteiger partial charge in [0.1, 0.15) is 11.6 Å². The van der Waals surface area contributed by atoms with E-state index < -0.39 is 0 Å². The number of aryl methyl sites for hydroxylation is 1. The van der Waals surface area contributed by atoms with Crippen molar-refractivity contribution in [2.24, 2.45) is 0 Å². The summed E-state index contributed by atoms with van der Waals surface area (Å²) in [5, 5.41) is 10.8. The van der Waals surface area contributed by atoms with Gasteiger partial charge in [0, 0.05) is 36.2 Å². The van der Waals surface area contributed by atoms with Gasteiger partial charge in [-0.15, -0.1) is 0 Å². The van der Waals surface area contributed by atoms with Gasteiger partial charge in [0.15, 0.2) is 0 Å². The maximum atomic E-state index is 13.3. The van der Waals surface area contributed by atoms with Crippen molar-refractivity contribution in [3.05, 3.63) is 94.8 Å². The molecule has 3 saturated heterocycles. The van der Waals surface area contributed by atoms with Crippen LogP contribution in [-0.2, 0) is 5.41 Å². The number of likely N-dealkylation sites (tertiary alicyclic amines) is 1. The van der Waals surface area contributed by atoms with Crippen molar-refractivity contribution < 1.29 is 9.90 Å². The highest BCUT2D eigenvalue weighted by Gasteiger charge is 2.44. The molecular formula is C35H39ClN4O2. The zero-order valence-corrected chi connectivity index (χ0v) is 25.0. The smallest absolute Gasteiger partial charge is 0.257 e. The number of hydrogen-bond acceptors (Lipinski definition) is 4. The van der Waals surface area contributed by atoms with Gasteiger partial charge in [-0.05, 0) is 99.7 Å². The Morgan fingerprint density at radius 1 is 0.952 bits per heavy atom. The molecule has 1 amide bonds. The van der Waals surface area contributed by atoms with Crippen molar-refractivity contribution in [2.45, 2.75) is 75.4 Å². The molecule has 3 fully saturated rings. The third-order valence-electron chi connectivity index (χ3n) is 10.4. The zero-order valence-electron chi connectivity index (χ0n) is 24.3. The largest absolute Gasteiger partial charge is 0.507 e. The summed E-state index contributed by atoms with van der Waals surface area (Å²) in [6, 6.07) is 26.0. The lowest BCUT2D eigenvalue weighted by atomic mass is 9.70. The molecule has 7 heteroatoms. The number of hydrogen-bond donors (Lipinski definition) is 1. The molecule has 0 aliphatic carbocycles. The van der Waals surface area contributed by atoms with E-state index in [0.29, 0.717) is 41.8 Å².